The van der Waals surface area contributed by atoms with Crippen molar-refractivity contribution in [1.29, 1.82) is 0 Å². The van der Waals surface area contributed by atoms with Crippen molar-refractivity contribution in [3.8, 4) is 0 Å². The standard InChI is InChI=1S/C34H38N4O2.C2HF3O2/c1-24-9-8-10-25(2)31(24)26-15-17-36(18-16-26)23-29-28-13-6-7-14-30(28)35-32(29)34(40)38-21-19-37(20-22-38)33(39)27-11-4-3-5-12-27;3-2(4,5)1(6)7/h3-14,26,35H,15-23H2,1-2H3;(H,6,7). The van der Waals surface area contributed by atoms with Crippen LogP contribution in [0.15, 0.2) is 72.8 Å². The highest BCUT2D eigenvalue weighted by Crippen LogP contribution is 2.34. The first-order chi connectivity index (χ1) is 22.4. The predicted molar refractivity (Wildman–Crippen MR) is 173 cm³/mol. The summed E-state index contributed by atoms with van der Waals surface area (Å²) in [6.07, 6.45) is -2.82. The van der Waals surface area contributed by atoms with Crippen LogP contribution in [0.1, 0.15) is 61.9 Å². The number of hydrogen-bond donors (Lipinski definition) is 2. The Hall–Kier alpha value is -4.64. The molecule has 0 atom stereocenters. The summed E-state index contributed by atoms with van der Waals surface area (Å²) >= 11 is 0. The smallest absolute Gasteiger partial charge is 0.475 e. The number of alkyl halides is 3. The molecule has 4 aromatic rings. The number of carboxylic acids is 1. The number of nitrogens with one attached hydrogen (secondary N) is 1. The van der Waals surface area contributed by atoms with Crippen LogP contribution in [-0.2, 0) is 11.3 Å². The number of amides is 2. The molecule has 0 unspecified atom stereocenters. The van der Waals surface area contributed by atoms with E-state index in [0.29, 0.717) is 43.4 Å². The number of nitrogens with zero attached hydrogens (tertiary/aromatic N) is 3. The van der Waals surface area contributed by atoms with Crippen LogP contribution in [0.2, 0.25) is 0 Å². The van der Waals surface area contributed by atoms with Crippen molar-refractivity contribution in [3.63, 3.8) is 0 Å². The average molecular weight is 649 g/mol. The number of piperazine rings is 1. The molecular weight excluding hydrogens is 609 g/mol. The second kappa shape index (κ2) is 14.4. The van der Waals surface area contributed by atoms with Gasteiger partial charge < -0.3 is 19.9 Å². The number of aryl methyl sites for hydroxylation is 2. The summed E-state index contributed by atoms with van der Waals surface area (Å²) in [7, 11) is 0. The molecule has 0 bridgehead atoms. The molecule has 0 aliphatic carbocycles. The maximum absolute atomic E-state index is 13.9. The predicted octanol–water partition coefficient (Wildman–Crippen LogP) is 6.40. The highest BCUT2D eigenvalue weighted by atomic mass is 19.4. The summed E-state index contributed by atoms with van der Waals surface area (Å²) in [6, 6.07) is 24.2. The van der Waals surface area contributed by atoms with E-state index in [1.165, 1.54) is 16.7 Å². The monoisotopic (exact) mass is 648 g/mol. The van der Waals surface area contributed by atoms with Gasteiger partial charge in [-0.05, 0) is 80.6 Å². The van der Waals surface area contributed by atoms with Crippen LogP contribution in [0, 0.1) is 13.8 Å². The van der Waals surface area contributed by atoms with Crippen molar-refractivity contribution in [2.45, 2.75) is 45.3 Å². The van der Waals surface area contributed by atoms with Gasteiger partial charge in [-0.3, -0.25) is 14.5 Å². The number of rotatable bonds is 5. The van der Waals surface area contributed by atoms with Crippen molar-refractivity contribution >= 4 is 28.7 Å². The second-order valence-electron chi connectivity index (χ2n) is 12.1. The van der Waals surface area contributed by atoms with Crippen molar-refractivity contribution in [3.05, 3.63) is 106 Å². The summed E-state index contributed by atoms with van der Waals surface area (Å²) < 4.78 is 31.7. The number of aliphatic carboxylic acids is 1. The number of H-pyrrole nitrogens is 1. The van der Waals surface area contributed by atoms with Crippen molar-refractivity contribution < 1.29 is 32.7 Å². The van der Waals surface area contributed by atoms with E-state index in [1.807, 2.05) is 46.2 Å². The SMILES string of the molecule is Cc1cccc(C)c1C1CCN(Cc2c(C(=O)N3CCN(C(=O)c4ccccc4)CC3)[nH]c3ccccc23)CC1.O=C(O)C(F)(F)F. The first kappa shape index (κ1) is 33.7. The fraction of sp³-hybridized carbons (Fsp3) is 0.361. The molecule has 2 fully saturated rings. The summed E-state index contributed by atoms with van der Waals surface area (Å²) in [5, 5.41) is 8.25. The Morgan fingerprint density at radius 2 is 1.30 bits per heavy atom. The summed E-state index contributed by atoms with van der Waals surface area (Å²) in [6.45, 7) is 9.42. The molecule has 2 aliphatic heterocycles. The van der Waals surface area contributed by atoms with Gasteiger partial charge >= 0.3 is 12.1 Å². The average Bonchev–Trinajstić information content (AvgIpc) is 3.43. The molecule has 1 aromatic heterocycles. The molecule has 2 N–H and O–H groups in total. The van der Waals surface area contributed by atoms with Gasteiger partial charge in [-0.2, -0.15) is 13.2 Å². The molecule has 0 spiro atoms. The van der Waals surface area contributed by atoms with Crippen LogP contribution >= 0.6 is 0 Å². The highest BCUT2D eigenvalue weighted by Gasteiger charge is 2.38. The molecular formula is C36H39F3N4O4. The third kappa shape index (κ3) is 7.85. The number of fused-ring (bicyclic) bond motifs is 1. The van der Waals surface area contributed by atoms with E-state index in [-0.39, 0.29) is 11.8 Å². The zero-order chi connectivity index (χ0) is 33.7. The first-order valence-corrected chi connectivity index (χ1v) is 15.8. The lowest BCUT2D eigenvalue weighted by atomic mass is 9.84. The lowest BCUT2D eigenvalue weighted by Crippen LogP contribution is -2.50. The van der Waals surface area contributed by atoms with E-state index in [1.54, 1.807) is 0 Å². The molecule has 248 valence electrons. The van der Waals surface area contributed by atoms with Crippen molar-refractivity contribution in [1.82, 2.24) is 19.7 Å². The molecule has 0 radical (unpaired) electrons. The fourth-order valence-electron chi connectivity index (χ4n) is 6.66. The zero-order valence-electron chi connectivity index (χ0n) is 26.5. The number of carboxylic acid groups (broad SMARTS) is 1. The van der Waals surface area contributed by atoms with Crippen LogP contribution in [0.4, 0.5) is 13.2 Å². The Bertz CT molecular complexity index is 1700. The quantitative estimate of drug-likeness (QED) is 0.261. The lowest BCUT2D eigenvalue weighted by molar-refractivity contribution is -0.192. The number of aromatic nitrogens is 1. The lowest BCUT2D eigenvalue weighted by Gasteiger charge is -2.35. The summed E-state index contributed by atoms with van der Waals surface area (Å²) in [5.74, 6) is -2.10. The number of benzene rings is 3. The number of likely N-dealkylation sites (tertiary alicyclic amines) is 1. The van der Waals surface area contributed by atoms with Crippen LogP contribution in [-0.4, -0.2) is 88.0 Å². The van der Waals surface area contributed by atoms with Gasteiger partial charge in [-0.25, -0.2) is 4.79 Å². The summed E-state index contributed by atoms with van der Waals surface area (Å²) in [4.78, 5) is 45.4. The Morgan fingerprint density at radius 3 is 1.87 bits per heavy atom. The van der Waals surface area contributed by atoms with E-state index in [2.05, 4.69) is 60.1 Å². The maximum atomic E-state index is 13.9. The van der Waals surface area contributed by atoms with Crippen LogP contribution in [0.5, 0.6) is 0 Å². The molecule has 3 aromatic carbocycles. The van der Waals surface area contributed by atoms with Crippen LogP contribution in [0.25, 0.3) is 10.9 Å². The first-order valence-electron chi connectivity index (χ1n) is 15.8. The molecule has 6 rings (SSSR count). The van der Waals surface area contributed by atoms with Gasteiger partial charge in [0.25, 0.3) is 11.8 Å². The third-order valence-electron chi connectivity index (χ3n) is 9.06. The highest BCUT2D eigenvalue weighted by molar-refractivity contribution is 6.01. The largest absolute Gasteiger partial charge is 0.490 e. The van der Waals surface area contributed by atoms with Crippen molar-refractivity contribution in [2.75, 3.05) is 39.3 Å². The van der Waals surface area contributed by atoms with E-state index < -0.39 is 12.1 Å². The van der Waals surface area contributed by atoms with Crippen LogP contribution < -0.4 is 0 Å². The molecule has 2 amide bonds. The van der Waals surface area contributed by atoms with E-state index in [4.69, 9.17) is 9.90 Å². The topological polar surface area (TPSA) is 97.0 Å². The molecule has 0 saturated carbocycles. The number of carbonyl (C=O) groups is 3. The van der Waals surface area contributed by atoms with E-state index >= 15 is 0 Å². The van der Waals surface area contributed by atoms with Crippen molar-refractivity contribution in [2.24, 2.45) is 0 Å². The zero-order valence-corrected chi connectivity index (χ0v) is 26.5. The molecule has 2 saturated heterocycles. The number of aromatic amines is 1. The van der Waals surface area contributed by atoms with Gasteiger partial charge in [0.05, 0.1) is 0 Å². The minimum absolute atomic E-state index is 0.0308. The van der Waals surface area contributed by atoms with E-state index in [9.17, 15) is 22.8 Å². The van der Waals surface area contributed by atoms with Crippen LogP contribution in [0.3, 0.4) is 0 Å². The third-order valence-corrected chi connectivity index (χ3v) is 9.06. The normalized spacial score (nSPS) is 16.1. The second-order valence-corrected chi connectivity index (χ2v) is 12.1. The minimum Gasteiger partial charge on any atom is -0.475 e. The Morgan fingerprint density at radius 1 is 0.766 bits per heavy atom. The number of para-hydroxylation sites is 1. The summed E-state index contributed by atoms with van der Waals surface area (Å²) in [5.41, 5.74) is 7.80. The van der Waals surface area contributed by atoms with Gasteiger partial charge in [-0.15, -0.1) is 0 Å². The fourth-order valence-corrected chi connectivity index (χ4v) is 6.66. The van der Waals surface area contributed by atoms with Gasteiger partial charge in [0.1, 0.15) is 5.69 Å². The van der Waals surface area contributed by atoms with Gasteiger partial charge in [-0.1, -0.05) is 54.6 Å². The van der Waals surface area contributed by atoms with Gasteiger partial charge in [0.2, 0.25) is 0 Å². The van der Waals surface area contributed by atoms with Gasteiger partial charge in [0, 0.05) is 54.8 Å². The number of halogens is 3. The molecule has 47 heavy (non-hydrogen) atoms. The Kier molecular flexibility index (Phi) is 10.3. The number of carbonyl (C=O) groups excluding carboxylic acids is 2. The molecule has 3 heterocycles. The Labute approximate surface area is 271 Å². The number of piperidine rings is 1. The molecule has 8 nitrogen and oxygen atoms in total. The Balaban J connectivity index is 0.000000559. The minimum atomic E-state index is -5.08. The van der Waals surface area contributed by atoms with Gasteiger partial charge in [0.15, 0.2) is 0 Å². The molecule has 2 aliphatic rings. The molecule has 11 heteroatoms. The van der Waals surface area contributed by atoms with E-state index in [0.717, 1.165) is 48.9 Å². The number of hydrogen-bond acceptors (Lipinski definition) is 4. The maximum Gasteiger partial charge on any atom is 0.490 e.